The SMILES string of the molecule is CCn1nc(C)cc1C(=O)NC1=Nc2cc(C(=O)O)c/c3c2=C1NCCC(=O)CCC/C=3S. The Bertz CT molecular complexity index is 1330. The van der Waals surface area contributed by atoms with Gasteiger partial charge in [0.2, 0.25) is 0 Å². The molecule has 0 saturated carbocycles. The smallest absolute Gasteiger partial charge is 0.335 e. The molecule has 1 aromatic carbocycles. The lowest BCUT2D eigenvalue weighted by Crippen LogP contribution is -2.40. The Balaban J connectivity index is 1.85. The Morgan fingerprint density at radius 2 is 2.03 bits per heavy atom. The van der Waals surface area contributed by atoms with Crippen LogP contribution < -0.4 is 21.1 Å². The second kappa shape index (κ2) is 9.22. The number of ketones is 1. The molecule has 0 aliphatic carbocycles. The summed E-state index contributed by atoms with van der Waals surface area (Å²) in [6.45, 7) is 4.61. The summed E-state index contributed by atoms with van der Waals surface area (Å²) in [5.74, 6) is -1.06. The third kappa shape index (κ3) is 4.56. The van der Waals surface area contributed by atoms with Crippen molar-refractivity contribution < 1.29 is 19.5 Å². The number of carboxylic acids is 1. The molecule has 10 heteroatoms. The fraction of sp³-hybridized carbons (Fsp3) is 0.348. The van der Waals surface area contributed by atoms with Crippen LogP contribution in [0, 0.1) is 6.92 Å². The maximum absolute atomic E-state index is 13.1. The number of aromatic carboxylic acids is 1. The third-order valence-electron chi connectivity index (χ3n) is 5.64. The highest BCUT2D eigenvalue weighted by atomic mass is 32.1. The van der Waals surface area contributed by atoms with E-state index in [-0.39, 0.29) is 23.1 Å². The topological polar surface area (TPSA) is 126 Å². The molecule has 1 amide bonds. The second-order valence-electron chi connectivity index (χ2n) is 8.02. The van der Waals surface area contributed by atoms with Crippen LogP contribution in [0.25, 0.3) is 10.6 Å². The van der Waals surface area contributed by atoms with Crippen LogP contribution >= 0.6 is 12.6 Å². The zero-order valence-corrected chi connectivity index (χ0v) is 19.3. The van der Waals surface area contributed by atoms with Gasteiger partial charge in [0.05, 0.1) is 22.6 Å². The lowest BCUT2D eigenvalue weighted by atomic mass is 10.1. The number of hydrogen-bond acceptors (Lipinski definition) is 7. The van der Waals surface area contributed by atoms with E-state index >= 15 is 0 Å². The number of rotatable bonds is 3. The first kappa shape index (κ1) is 22.8. The van der Waals surface area contributed by atoms with E-state index in [4.69, 9.17) is 0 Å². The average molecular weight is 468 g/mol. The maximum atomic E-state index is 13.1. The molecule has 0 fully saturated rings. The van der Waals surface area contributed by atoms with Crippen molar-refractivity contribution in [1.82, 2.24) is 20.4 Å². The van der Waals surface area contributed by atoms with Gasteiger partial charge in [-0.3, -0.25) is 14.3 Å². The summed E-state index contributed by atoms with van der Waals surface area (Å²) in [4.78, 5) is 42.2. The van der Waals surface area contributed by atoms with E-state index < -0.39 is 5.97 Å². The van der Waals surface area contributed by atoms with E-state index in [0.717, 1.165) is 5.69 Å². The van der Waals surface area contributed by atoms with Crippen LogP contribution in [0.15, 0.2) is 23.2 Å². The molecule has 4 rings (SSSR count). The number of benzene rings is 1. The van der Waals surface area contributed by atoms with E-state index in [0.29, 0.717) is 71.2 Å². The summed E-state index contributed by atoms with van der Waals surface area (Å²) < 4.78 is 1.61. The summed E-state index contributed by atoms with van der Waals surface area (Å²) in [5, 5.41) is 21.3. The Hall–Kier alpha value is -3.40. The van der Waals surface area contributed by atoms with Crippen molar-refractivity contribution in [1.29, 1.82) is 0 Å². The van der Waals surface area contributed by atoms with Gasteiger partial charge in [-0.1, -0.05) is 0 Å². The molecule has 2 aliphatic rings. The van der Waals surface area contributed by atoms with E-state index in [1.807, 2.05) is 13.8 Å². The number of nitrogens with zero attached hydrogens (tertiary/aromatic N) is 3. The first-order valence-electron chi connectivity index (χ1n) is 10.8. The molecule has 0 bridgehead atoms. The van der Waals surface area contributed by atoms with Crippen molar-refractivity contribution in [2.75, 3.05) is 6.54 Å². The number of aliphatic imine (C=N–C) groups is 1. The standard InChI is InChI=1S/C23H25N5O4S/c1-3-28-17(9-12(2)27-28)22(30)26-21-20-19-15(10-13(23(31)32)11-16(19)25-21)18(33)6-4-5-14(29)7-8-24-20/h9-11,24,33H,3-8H2,1-2H3,(H,31,32)(H,25,26,30)/b18-15-. The van der Waals surface area contributed by atoms with Crippen LogP contribution in [0.5, 0.6) is 0 Å². The van der Waals surface area contributed by atoms with Gasteiger partial charge in [0.15, 0.2) is 5.84 Å². The van der Waals surface area contributed by atoms with Crippen molar-refractivity contribution in [3.8, 4) is 0 Å². The van der Waals surface area contributed by atoms with Gasteiger partial charge in [-0.15, -0.1) is 12.6 Å². The molecule has 33 heavy (non-hydrogen) atoms. The number of amides is 1. The number of amidine groups is 1. The zero-order chi connectivity index (χ0) is 23.7. The van der Waals surface area contributed by atoms with Gasteiger partial charge >= 0.3 is 5.97 Å². The number of hydrogen-bond donors (Lipinski definition) is 4. The van der Waals surface area contributed by atoms with Gasteiger partial charge < -0.3 is 15.7 Å². The number of Topliss-reactive ketones (excluding diaryl/α,β-unsaturated/α-hetero) is 1. The van der Waals surface area contributed by atoms with Gasteiger partial charge in [-0.2, -0.15) is 5.10 Å². The summed E-state index contributed by atoms with van der Waals surface area (Å²) in [5.41, 5.74) is 2.18. The normalized spacial score (nSPS) is 17.6. The fourth-order valence-corrected chi connectivity index (χ4v) is 4.40. The molecule has 1 aromatic heterocycles. The number of carboxylic acid groups (broad SMARTS) is 1. The highest BCUT2D eigenvalue weighted by molar-refractivity contribution is 7.90. The molecule has 0 unspecified atom stereocenters. The molecule has 0 saturated heterocycles. The number of carbonyl (C=O) groups is 3. The van der Waals surface area contributed by atoms with Crippen LogP contribution in [0.2, 0.25) is 0 Å². The molecule has 0 atom stereocenters. The van der Waals surface area contributed by atoms with Gasteiger partial charge in [-0.25, -0.2) is 9.79 Å². The largest absolute Gasteiger partial charge is 0.478 e. The highest BCUT2D eigenvalue weighted by Crippen LogP contribution is 2.19. The third-order valence-corrected chi connectivity index (χ3v) is 6.10. The molecule has 3 N–H and O–H groups in total. The Labute approximate surface area is 195 Å². The lowest BCUT2D eigenvalue weighted by molar-refractivity contribution is -0.119. The monoisotopic (exact) mass is 467 g/mol. The molecule has 172 valence electrons. The number of nitrogens with one attached hydrogen (secondary N) is 2. The van der Waals surface area contributed by atoms with E-state index in [9.17, 15) is 19.5 Å². The number of thiol groups is 1. The highest BCUT2D eigenvalue weighted by Gasteiger charge is 2.24. The Morgan fingerprint density at radius 1 is 1.24 bits per heavy atom. The van der Waals surface area contributed by atoms with Gasteiger partial charge in [0.1, 0.15) is 11.5 Å². The number of aryl methyl sites for hydroxylation is 2. The van der Waals surface area contributed by atoms with Crippen LogP contribution in [0.4, 0.5) is 5.69 Å². The molecule has 9 nitrogen and oxygen atoms in total. The van der Waals surface area contributed by atoms with Crippen molar-refractivity contribution in [2.45, 2.75) is 46.1 Å². The molecule has 0 radical (unpaired) electrons. The first-order valence-corrected chi connectivity index (χ1v) is 11.3. The van der Waals surface area contributed by atoms with Gasteiger partial charge in [0.25, 0.3) is 5.91 Å². The predicted molar refractivity (Wildman–Crippen MR) is 127 cm³/mol. The van der Waals surface area contributed by atoms with Gasteiger partial charge in [0, 0.05) is 31.1 Å². The molecular formula is C23H25N5O4S. The van der Waals surface area contributed by atoms with Crippen molar-refractivity contribution in [2.24, 2.45) is 4.99 Å². The zero-order valence-electron chi connectivity index (χ0n) is 18.4. The average Bonchev–Trinajstić information content (AvgIpc) is 3.31. The van der Waals surface area contributed by atoms with Crippen LogP contribution in [-0.4, -0.2) is 44.9 Å². The van der Waals surface area contributed by atoms with Crippen molar-refractivity contribution in [3.63, 3.8) is 0 Å². The summed E-state index contributed by atoms with van der Waals surface area (Å²) in [6.07, 6.45) is 1.93. The molecule has 0 spiro atoms. The van der Waals surface area contributed by atoms with E-state index in [1.54, 1.807) is 16.8 Å². The summed E-state index contributed by atoms with van der Waals surface area (Å²) in [7, 11) is 0. The minimum atomic E-state index is -1.08. The fourth-order valence-electron chi connectivity index (χ4n) is 4.07. The Kier molecular flexibility index (Phi) is 6.37. The van der Waals surface area contributed by atoms with Crippen LogP contribution in [-0.2, 0) is 11.3 Å². The number of aromatic nitrogens is 2. The minimum absolute atomic E-state index is 0.0802. The molecule has 2 aromatic rings. The van der Waals surface area contributed by atoms with Crippen molar-refractivity contribution >= 4 is 52.4 Å². The maximum Gasteiger partial charge on any atom is 0.335 e. The quantitative estimate of drug-likeness (QED) is 0.504. The molecule has 2 aliphatic heterocycles. The summed E-state index contributed by atoms with van der Waals surface area (Å²) >= 11 is 4.64. The molecular weight excluding hydrogens is 442 g/mol. The van der Waals surface area contributed by atoms with E-state index in [1.165, 1.54) is 6.07 Å². The van der Waals surface area contributed by atoms with Crippen molar-refractivity contribution in [3.05, 3.63) is 45.6 Å². The first-order chi connectivity index (χ1) is 15.8. The van der Waals surface area contributed by atoms with Gasteiger partial charge in [-0.05, 0) is 55.0 Å². The van der Waals surface area contributed by atoms with E-state index in [2.05, 4.69) is 33.4 Å². The van der Waals surface area contributed by atoms with Crippen LogP contribution in [0.3, 0.4) is 0 Å². The lowest BCUT2D eigenvalue weighted by Gasteiger charge is -2.12. The van der Waals surface area contributed by atoms with Crippen LogP contribution in [0.1, 0.15) is 59.1 Å². The minimum Gasteiger partial charge on any atom is -0.478 e. The molecule has 3 heterocycles. The predicted octanol–water partition coefficient (Wildman–Crippen LogP) is 1.26. The summed E-state index contributed by atoms with van der Waals surface area (Å²) in [6, 6.07) is 4.75. The number of carbonyl (C=O) groups excluding carboxylic acids is 2. The second-order valence-corrected chi connectivity index (χ2v) is 8.55. The Morgan fingerprint density at radius 3 is 2.76 bits per heavy atom.